The smallest absolute Gasteiger partial charge is 0.307 e. The molecule has 0 radical (unpaired) electrons. The second-order valence-electron chi connectivity index (χ2n) is 3.38. The predicted octanol–water partition coefficient (Wildman–Crippen LogP) is 2.99. The molecule has 0 aromatic heterocycles. The van der Waals surface area contributed by atoms with E-state index in [2.05, 4.69) is 4.74 Å². The summed E-state index contributed by atoms with van der Waals surface area (Å²) in [6, 6.07) is 5.26. The Labute approximate surface area is 105 Å². The van der Waals surface area contributed by atoms with Crippen molar-refractivity contribution in [1.29, 1.82) is 0 Å². The van der Waals surface area contributed by atoms with Gasteiger partial charge in [0.25, 0.3) is 0 Å². The molecular weight excluding hydrogens is 249 g/mol. The first-order chi connectivity index (χ1) is 7.52. The normalized spacial score (nSPS) is 10.0. The van der Waals surface area contributed by atoms with E-state index in [4.69, 9.17) is 23.2 Å². The molecule has 1 rings (SSSR count). The molecule has 16 heavy (non-hydrogen) atoms. The molecule has 0 saturated heterocycles. The fourth-order valence-corrected chi connectivity index (χ4v) is 1.76. The van der Waals surface area contributed by atoms with Crippen LogP contribution in [0.15, 0.2) is 18.2 Å². The maximum atomic E-state index is 11.0. The van der Waals surface area contributed by atoms with E-state index in [1.807, 2.05) is 11.9 Å². The third kappa shape index (κ3) is 3.91. The molecule has 0 N–H and O–H groups in total. The molecule has 0 atom stereocenters. The van der Waals surface area contributed by atoms with Crippen molar-refractivity contribution in [2.75, 3.05) is 25.6 Å². The van der Waals surface area contributed by atoms with Crippen LogP contribution in [0.25, 0.3) is 0 Å². The molecule has 0 unspecified atom stereocenters. The molecule has 0 saturated carbocycles. The minimum atomic E-state index is -0.236. The van der Waals surface area contributed by atoms with Crippen LogP contribution < -0.4 is 4.90 Å². The summed E-state index contributed by atoms with van der Waals surface area (Å²) >= 11 is 11.8. The lowest BCUT2D eigenvalue weighted by Crippen LogP contribution is -2.21. The second kappa shape index (κ2) is 5.97. The van der Waals surface area contributed by atoms with Gasteiger partial charge in [-0.2, -0.15) is 0 Å². The van der Waals surface area contributed by atoms with Crippen molar-refractivity contribution < 1.29 is 9.53 Å². The number of anilines is 1. The van der Waals surface area contributed by atoms with Crippen molar-refractivity contribution in [1.82, 2.24) is 0 Å². The van der Waals surface area contributed by atoms with Crippen LogP contribution in [0.4, 0.5) is 5.69 Å². The predicted molar refractivity (Wildman–Crippen MR) is 66.4 cm³/mol. The summed E-state index contributed by atoms with van der Waals surface area (Å²) in [5.41, 5.74) is 0.876. The monoisotopic (exact) mass is 261 g/mol. The van der Waals surface area contributed by atoms with Gasteiger partial charge in [-0.3, -0.25) is 4.79 Å². The summed E-state index contributed by atoms with van der Waals surface area (Å²) in [6.07, 6.45) is 0.330. The fraction of sp³-hybridized carbons (Fsp3) is 0.364. The number of nitrogens with zero attached hydrogens (tertiary/aromatic N) is 1. The number of carbonyl (C=O) groups is 1. The average Bonchev–Trinajstić information content (AvgIpc) is 2.23. The highest BCUT2D eigenvalue weighted by Gasteiger charge is 2.06. The van der Waals surface area contributed by atoms with Gasteiger partial charge in [0, 0.05) is 29.3 Å². The molecule has 3 nitrogen and oxygen atoms in total. The van der Waals surface area contributed by atoms with Gasteiger partial charge in [0.15, 0.2) is 0 Å². The molecule has 88 valence electrons. The van der Waals surface area contributed by atoms with Crippen molar-refractivity contribution in [3.8, 4) is 0 Å². The zero-order chi connectivity index (χ0) is 12.1. The molecular formula is C11H13Cl2NO2. The van der Waals surface area contributed by atoms with Gasteiger partial charge < -0.3 is 9.64 Å². The molecule has 0 bridgehead atoms. The van der Waals surface area contributed by atoms with Crippen LogP contribution in [-0.2, 0) is 9.53 Å². The van der Waals surface area contributed by atoms with Crippen molar-refractivity contribution in [2.45, 2.75) is 6.42 Å². The Balaban J connectivity index is 2.65. The zero-order valence-corrected chi connectivity index (χ0v) is 10.7. The number of methoxy groups -OCH3 is 1. The molecule has 1 aromatic rings. The Kier molecular flexibility index (Phi) is 4.90. The number of halogens is 2. The number of ether oxygens (including phenoxy) is 1. The van der Waals surface area contributed by atoms with E-state index in [1.165, 1.54) is 7.11 Å². The average molecular weight is 262 g/mol. The van der Waals surface area contributed by atoms with Gasteiger partial charge in [-0.25, -0.2) is 0 Å². The molecule has 1 aromatic carbocycles. The Hall–Kier alpha value is -0.930. The lowest BCUT2D eigenvalue weighted by atomic mass is 10.3. The van der Waals surface area contributed by atoms with Crippen molar-refractivity contribution >= 4 is 34.9 Å². The number of hydrogen-bond donors (Lipinski definition) is 0. The van der Waals surface area contributed by atoms with Crippen LogP contribution in [0, 0.1) is 0 Å². The van der Waals surface area contributed by atoms with E-state index < -0.39 is 0 Å². The summed E-state index contributed by atoms with van der Waals surface area (Å²) in [5.74, 6) is -0.236. The molecule has 0 spiro atoms. The van der Waals surface area contributed by atoms with E-state index >= 15 is 0 Å². The third-order valence-electron chi connectivity index (χ3n) is 2.17. The Bertz CT molecular complexity index is 362. The van der Waals surface area contributed by atoms with E-state index in [0.29, 0.717) is 23.0 Å². The van der Waals surface area contributed by atoms with Crippen LogP contribution in [0.5, 0.6) is 0 Å². The topological polar surface area (TPSA) is 29.5 Å². The van der Waals surface area contributed by atoms with Crippen LogP contribution >= 0.6 is 23.2 Å². The minimum Gasteiger partial charge on any atom is -0.469 e. The molecule has 0 heterocycles. The van der Waals surface area contributed by atoms with Crippen molar-refractivity contribution in [3.63, 3.8) is 0 Å². The SMILES string of the molecule is COC(=O)CCN(C)c1cc(Cl)cc(Cl)c1. The van der Waals surface area contributed by atoms with Gasteiger partial charge in [-0.05, 0) is 18.2 Å². The van der Waals surface area contributed by atoms with Crippen molar-refractivity contribution in [2.24, 2.45) is 0 Å². The van der Waals surface area contributed by atoms with Gasteiger partial charge in [-0.15, -0.1) is 0 Å². The standard InChI is InChI=1S/C11H13Cl2NO2/c1-14(4-3-11(15)16-2)10-6-8(12)5-9(13)7-10/h5-7H,3-4H2,1-2H3. The van der Waals surface area contributed by atoms with Gasteiger partial charge in [0.05, 0.1) is 13.5 Å². The zero-order valence-electron chi connectivity index (χ0n) is 9.17. The lowest BCUT2D eigenvalue weighted by molar-refractivity contribution is -0.140. The lowest BCUT2D eigenvalue weighted by Gasteiger charge is -2.19. The molecule has 0 amide bonds. The first-order valence-electron chi connectivity index (χ1n) is 4.77. The first kappa shape index (κ1) is 13.1. The fourth-order valence-electron chi connectivity index (χ4n) is 1.25. The molecule has 0 aliphatic rings. The number of benzene rings is 1. The van der Waals surface area contributed by atoms with E-state index in [0.717, 1.165) is 5.69 Å². The quantitative estimate of drug-likeness (QED) is 0.781. The Morgan fingerprint density at radius 1 is 1.31 bits per heavy atom. The van der Waals surface area contributed by atoms with Gasteiger partial charge in [-0.1, -0.05) is 23.2 Å². The maximum Gasteiger partial charge on any atom is 0.307 e. The first-order valence-corrected chi connectivity index (χ1v) is 5.52. The number of hydrogen-bond acceptors (Lipinski definition) is 3. The maximum absolute atomic E-state index is 11.0. The van der Waals surface area contributed by atoms with Crippen molar-refractivity contribution in [3.05, 3.63) is 28.2 Å². The summed E-state index contributed by atoms with van der Waals surface area (Å²) < 4.78 is 4.57. The summed E-state index contributed by atoms with van der Waals surface area (Å²) in [4.78, 5) is 12.9. The highest BCUT2D eigenvalue weighted by Crippen LogP contribution is 2.24. The highest BCUT2D eigenvalue weighted by molar-refractivity contribution is 6.35. The second-order valence-corrected chi connectivity index (χ2v) is 4.25. The summed E-state index contributed by atoms with van der Waals surface area (Å²) in [6.45, 7) is 0.559. The van der Waals surface area contributed by atoms with Gasteiger partial charge >= 0.3 is 5.97 Å². The molecule has 0 aliphatic carbocycles. The minimum absolute atomic E-state index is 0.236. The Morgan fingerprint density at radius 3 is 2.38 bits per heavy atom. The van der Waals surface area contributed by atoms with Crippen LogP contribution in [0.2, 0.25) is 10.0 Å². The van der Waals surface area contributed by atoms with Gasteiger partial charge in [0.1, 0.15) is 0 Å². The van der Waals surface area contributed by atoms with Crippen LogP contribution in [0.1, 0.15) is 6.42 Å². The highest BCUT2D eigenvalue weighted by atomic mass is 35.5. The largest absolute Gasteiger partial charge is 0.469 e. The number of esters is 1. The molecule has 5 heteroatoms. The van der Waals surface area contributed by atoms with E-state index in [-0.39, 0.29) is 5.97 Å². The van der Waals surface area contributed by atoms with E-state index in [1.54, 1.807) is 18.2 Å². The third-order valence-corrected chi connectivity index (χ3v) is 2.60. The summed E-state index contributed by atoms with van der Waals surface area (Å²) in [7, 11) is 3.24. The van der Waals surface area contributed by atoms with Crippen LogP contribution in [0.3, 0.4) is 0 Å². The number of rotatable bonds is 4. The number of carbonyl (C=O) groups excluding carboxylic acids is 1. The van der Waals surface area contributed by atoms with E-state index in [9.17, 15) is 4.79 Å². The summed E-state index contributed by atoms with van der Waals surface area (Å²) in [5, 5.41) is 1.15. The Morgan fingerprint density at radius 2 is 1.88 bits per heavy atom. The van der Waals surface area contributed by atoms with Gasteiger partial charge in [0.2, 0.25) is 0 Å². The molecule has 0 aliphatic heterocycles. The molecule has 0 fully saturated rings. The van der Waals surface area contributed by atoms with Crippen LogP contribution in [-0.4, -0.2) is 26.7 Å².